The molecule has 4 heteroatoms. The first-order valence-corrected chi connectivity index (χ1v) is 6.26. The molecule has 1 aliphatic rings. The lowest BCUT2D eigenvalue weighted by atomic mass is 9.87. The molecule has 1 rings (SSSR count). The Hall–Kier alpha value is 0.760. The molecule has 0 saturated carbocycles. The predicted octanol–water partition coefficient (Wildman–Crippen LogP) is 4.07. The predicted molar refractivity (Wildman–Crippen MR) is 65.5 cm³/mol. The molecule has 1 heterocycles. The van der Waals surface area contributed by atoms with Gasteiger partial charge in [0, 0.05) is 9.86 Å². The number of hydrogen-bond donors (Lipinski definition) is 0. The second-order valence-corrected chi connectivity index (χ2v) is 6.48. The molecule has 0 aromatic rings. The number of rotatable bonds is 1. The van der Waals surface area contributed by atoms with E-state index < -0.39 is 5.60 Å². The molecule has 0 amide bonds. The third-order valence-electron chi connectivity index (χ3n) is 2.78. The number of ether oxygens (including phenoxy) is 1. The lowest BCUT2D eigenvalue weighted by Crippen LogP contribution is -2.55. The van der Waals surface area contributed by atoms with E-state index in [1.807, 2.05) is 20.8 Å². The molecule has 1 saturated heterocycles. The van der Waals surface area contributed by atoms with Crippen LogP contribution in [0.5, 0.6) is 0 Å². The number of alkyl halides is 2. The monoisotopic (exact) mass is 300 g/mol. The Bertz CT molecular complexity index is 255. The molecule has 0 aromatic carbocycles. The van der Waals surface area contributed by atoms with E-state index in [1.165, 1.54) is 0 Å². The van der Waals surface area contributed by atoms with E-state index >= 15 is 0 Å². The first-order chi connectivity index (χ1) is 6.20. The van der Waals surface area contributed by atoms with Gasteiger partial charge in [-0.1, -0.05) is 34.1 Å². The van der Waals surface area contributed by atoms with E-state index in [2.05, 4.69) is 22.5 Å². The molecule has 1 aliphatic heterocycles. The molecule has 14 heavy (non-hydrogen) atoms. The molecule has 0 radical (unpaired) electrons. The van der Waals surface area contributed by atoms with E-state index in [0.717, 1.165) is 6.42 Å². The Morgan fingerprint density at radius 1 is 1.50 bits per heavy atom. The Morgan fingerprint density at radius 3 is 2.43 bits per heavy atom. The first kappa shape index (κ1) is 12.8. The van der Waals surface area contributed by atoms with Crippen molar-refractivity contribution in [3.63, 3.8) is 0 Å². The van der Waals surface area contributed by atoms with Crippen LogP contribution in [-0.2, 0) is 4.74 Å². The molecule has 0 bridgehead atoms. The molecule has 3 atom stereocenters. The maximum atomic E-state index is 6.24. The highest BCUT2D eigenvalue weighted by atomic mass is 79.9. The molecule has 0 aliphatic carbocycles. The summed E-state index contributed by atoms with van der Waals surface area (Å²) in [6.45, 7) is 9.66. The summed E-state index contributed by atoms with van der Waals surface area (Å²) in [5.41, 5.74) is -0.922. The molecule has 0 spiro atoms. The average molecular weight is 302 g/mol. The summed E-state index contributed by atoms with van der Waals surface area (Å²) in [5, 5.41) is 0.315. The van der Waals surface area contributed by atoms with E-state index in [9.17, 15) is 0 Å². The SMILES string of the molecule is C=C(Cl)[C@@]1(C)OC(C)(C)[C@@H](Br)C[C@H]1Cl. The van der Waals surface area contributed by atoms with Crippen molar-refractivity contribution in [3.05, 3.63) is 11.6 Å². The fourth-order valence-electron chi connectivity index (χ4n) is 1.59. The highest BCUT2D eigenvalue weighted by molar-refractivity contribution is 9.09. The van der Waals surface area contributed by atoms with Gasteiger partial charge in [0.1, 0.15) is 5.60 Å². The van der Waals surface area contributed by atoms with Gasteiger partial charge >= 0.3 is 0 Å². The van der Waals surface area contributed by atoms with Crippen LogP contribution in [0.1, 0.15) is 27.2 Å². The number of halogens is 3. The lowest BCUT2D eigenvalue weighted by Gasteiger charge is -2.48. The largest absolute Gasteiger partial charge is 0.361 e. The normalized spacial score (nSPS) is 42.1. The van der Waals surface area contributed by atoms with E-state index in [0.29, 0.717) is 5.03 Å². The molecule has 0 aromatic heterocycles. The standard InChI is InChI=1S/C10H15BrCl2O/c1-6(12)10(4)8(13)5-7(11)9(2,3)14-10/h7-8H,1,5H2,2-4H3/t7-,8+,10+/m0/s1. The van der Waals surface area contributed by atoms with Crippen LogP contribution >= 0.6 is 39.1 Å². The van der Waals surface area contributed by atoms with Crippen LogP contribution < -0.4 is 0 Å². The van der Waals surface area contributed by atoms with Crippen molar-refractivity contribution in [2.45, 2.75) is 48.6 Å². The molecule has 0 unspecified atom stereocenters. The van der Waals surface area contributed by atoms with Gasteiger partial charge in [0.2, 0.25) is 0 Å². The van der Waals surface area contributed by atoms with Crippen molar-refractivity contribution in [1.29, 1.82) is 0 Å². The summed E-state index contributed by atoms with van der Waals surface area (Å²) in [4.78, 5) is 0.238. The topological polar surface area (TPSA) is 9.23 Å². The van der Waals surface area contributed by atoms with E-state index in [1.54, 1.807) is 0 Å². The Balaban J connectivity index is 2.96. The van der Waals surface area contributed by atoms with Gasteiger partial charge in [0.25, 0.3) is 0 Å². The molecule has 82 valence electrons. The number of hydrogen-bond acceptors (Lipinski definition) is 1. The minimum atomic E-state index is -0.642. The van der Waals surface area contributed by atoms with Crippen LogP contribution in [0.3, 0.4) is 0 Å². The van der Waals surface area contributed by atoms with Crippen molar-refractivity contribution >= 4 is 39.1 Å². The fourth-order valence-corrected chi connectivity index (χ4v) is 2.85. The third-order valence-corrected chi connectivity index (χ3v) is 5.23. The second kappa shape index (κ2) is 3.97. The maximum Gasteiger partial charge on any atom is 0.117 e. The van der Waals surface area contributed by atoms with Gasteiger partial charge in [0.15, 0.2) is 0 Å². The van der Waals surface area contributed by atoms with Crippen LogP contribution in [0, 0.1) is 0 Å². The van der Waals surface area contributed by atoms with Gasteiger partial charge in [-0.25, -0.2) is 0 Å². The van der Waals surface area contributed by atoms with Crippen molar-refractivity contribution in [3.8, 4) is 0 Å². The lowest BCUT2D eigenvalue weighted by molar-refractivity contribution is -0.134. The maximum absolute atomic E-state index is 6.24. The highest BCUT2D eigenvalue weighted by Crippen LogP contribution is 2.45. The van der Waals surface area contributed by atoms with Crippen molar-refractivity contribution in [1.82, 2.24) is 0 Å². The van der Waals surface area contributed by atoms with Crippen molar-refractivity contribution in [2.24, 2.45) is 0 Å². The van der Waals surface area contributed by atoms with Gasteiger partial charge in [0.05, 0.1) is 11.0 Å². The van der Waals surface area contributed by atoms with Gasteiger partial charge in [-0.15, -0.1) is 11.6 Å². The van der Waals surface area contributed by atoms with Gasteiger partial charge in [-0.2, -0.15) is 0 Å². The van der Waals surface area contributed by atoms with Gasteiger partial charge in [-0.3, -0.25) is 0 Å². The third kappa shape index (κ3) is 2.13. The molecular formula is C10H15BrCl2O. The molecular weight excluding hydrogens is 287 g/mol. The average Bonchev–Trinajstić information content (AvgIpc) is 2.00. The zero-order valence-electron chi connectivity index (χ0n) is 8.61. The minimum Gasteiger partial charge on any atom is -0.361 e. The van der Waals surface area contributed by atoms with Crippen LogP contribution in [0.4, 0.5) is 0 Å². The highest BCUT2D eigenvalue weighted by Gasteiger charge is 2.49. The summed E-state index contributed by atoms with van der Waals surface area (Å²) in [7, 11) is 0. The van der Waals surface area contributed by atoms with Crippen LogP contribution in [0.15, 0.2) is 11.6 Å². The summed E-state index contributed by atoms with van der Waals surface area (Å²) in [5.74, 6) is 0. The zero-order valence-corrected chi connectivity index (χ0v) is 11.7. The Morgan fingerprint density at radius 2 is 2.00 bits per heavy atom. The Kier molecular flexibility index (Phi) is 3.64. The van der Waals surface area contributed by atoms with Crippen LogP contribution in [-0.4, -0.2) is 21.4 Å². The van der Waals surface area contributed by atoms with Crippen molar-refractivity contribution < 1.29 is 4.74 Å². The Labute approximate surface area is 104 Å². The summed E-state index contributed by atoms with van der Waals surface area (Å²) in [6.07, 6.45) is 0.816. The second-order valence-electron chi connectivity index (χ2n) is 4.39. The van der Waals surface area contributed by atoms with Gasteiger partial charge in [-0.05, 0) is 27.2 Å². The van der Waals surface area contributed by atoms with Gasteiger partial charge < -0.3 is 4.74 Å². The minimum absolute atomic E-state index is 0.148. The smallest absolute Gasteiger partial charge is 0.117 e. The molecule has 1 fully saturated rings. The van der Waals surface area contributed by atoms with Crippen molar-refractivity contribution in [2.75, 3.05) is 0 Å². The first-order valence-electron chi connectivity index (χ1n) is 4.53. The van der Waals surface area contributed by atoms with E-state index in [-0.39, 0.29) is 15.8 Å². The van der Waals surface area contributed by atoms with E-state index in [4.69, 9.17) is 27.9 Å². The summed E-state index contributed by atoms with van der Waals surface area (Å²) >= 11 is 15.8. The zero-order chi connectivity index (χ0) is 11.1. The molecule has 0 N–H and O–H groups in total. The van der Waals surface area contributed by atoms with Crippen LogP contribution in [0.2, 0.25) is 0 Å². The fraction of sp³-hybridized carbons (Fsp3) is 0.800. The summed E-state index contributed by atoms with van der Waals surface area (Å²) < 4.78 is 5.94. The quantitative estimate of drug-likeness (QED) is 0.664. The summed E-state index contributed by atoms with van der Waals surface area (Å²) in [6, 6.07) is 0. The van der Waals surface area contributed by atoms with Crippen LogP contribution in [0.25, 0.3) is 0 Å². The molecule has 1 nitrogen and oxygen atoms in total.